The van der Waals surface area contributed by atoms with E-state index in [1.165, 1.54) is 0 Å². The highest BCUT2D eigenvalue weighted by Crippen LogP contribution is 2.25. The van der Waals surface area contributed by atoms with Crippen molar-refractivity contribution in [1.29, 1.82) is 0 Å². The van der Waals surface area contributed by atoms with Crippen LogP contribution in [0.3, 0.4) is 0 Å². The van der Waals surface area contributed by atoms with Crippen molar-refractivity contribution in [2.75, 3.05) is 18.2 Å². The molecular formula is C9H12BrN3O. The predicted octanol–water partition coefficient (Wildman–Crippen LogP) is 2.08. The molecule has 0 N–H and O–H groups in total. The van der Waals surface area contributed by atoms with Gasteiger partial charge in [0.1, 0.15) is 5.82 Å². The smallest absolute Gasteiger partial charge is 0.170 e. The summed E-state index contributed by atoms with van der Waals surface area (Å²) in [7, 11) is 0. The van der Waals surface area contributed by atoms with Gasteiger partial charge >= 0.3 is 0 Å². The Balaban J connectivity index is 2.24. The Hall–Kier alpha value is -0.680. The van der Waals surface area contributed by atoms with E-state index in [1.807, 2.05) is 12.0 Å². The molecule has 5 heteroatoms. The zero-order valence-corrected chi connectivity index (χ0v) is 9.62. The minimum atomic E-state index is 0.761. The molecule has 4 nitrogen and oxygen atoms in total. The molecule has 1 fully saturated rings. The second-order valence-corrected chi connectivity index (χ2v) is 4.09. The van der Waals surface area contributed by atoms with E-state index >= 15 is 0 Å². The predicted molar refractivity (Wildman–Crippen MR) is 57.0 cm³/mol. The van der Waals surface area contributed by atoms with Crippen molar-refractivity contribution >= 4 is 21.7 Å². The average molecular weight is 258 g/mol. The van der Waals surface area contributed by atoms with Gasteiger partial charge in [0.15, 0.2) is 5.82 Å². The van der Waals surface area contributed by atoms with E-state index in [0.717, 1.165) is 42.1 Å². The van der Waals surface area contributed by atoms with E-state index in [1.54, 1.807) is 6.20 Å². The molecule has 0 saturated carbocycles. The lowest BCUT2D eigenvalue weighted by atomic mass is 10.3. The summed E-state index contributed by atoms with van der Waals surface area (Å²) in [5.41, 5.74) is 0. The van der Waals surface area contributed by atoms with Gasteiger partial charge in [-0.1, -0.05) is 0 Å². The monoisotopic (exact) mass is 257 g/mol. The summed E-state index contributed by atoms with van der Waals surface area (Å²) in [6.07, 6.45) is 4.03. The lowest BCUT2D eigenvalue weighted by Crippen LogP contribution is -2.31. The first-order valence-corrected chi connectivity index (χ1v) is 5.46. The molecule has 76 valence electrons. The molecule has 0 aliphatic carbocycles. The molecule has 0 bridgehead atoms. The van der Waals surface area contributed by atoms with Crippen LogP contribution in [-0.4, -0.2) is 23.1 Å². The minimum Gasteiger partial charge on any atom is -0.272 e. The van der Waals surface area contributed by atoms with Crippen molar-refractivity contribution in [3.05, 3.63) is 16.5 Å². The summed E-state index contributed by atoms with van der Waals surface area (Å²) in [6.45, 7) is 3.55. The SMILES string of the molecule is Cc1ncc(Br)c(N2CCCCO2)n1. The van der Waals surface area contributed by atoms with Crippen LogP contribution in [0.4, 0.5) is 5.82 Å². The third kappa shape index (κ3) is 2.04. The summed E-state index contributed by atoms with van der Waals surface area (Å²) in [5, 5.41) is 1.84. The van der Waals surface area contributed by atoms with Crippen molar-refractivity contribution in [1.82, 2.24) is 9.97 Å². The molecule has 0 amide bonds. The van der Waals surface area contributed by atoms with E-state index < -0.39 is 0 Å². The molecule has 0 unspecified atom stereocenters. The van der Waals surface area contributed by atoms with E-state index in [0.29, 0.717) is 0 Å². The maximum Gasteiger partial charge on any atom is 0.170 e. The molecule has 1 aliphatic heterocycles. The first kappa shape index (κ1) is 9.86. The lowest BCUT2D eigenvalue weighted by Gasteiger charge is -2.27. The van der Waals surface area contributed by atoms with Gasteiger partial charge in [-0.3, -0.25) is 4.84 Å². The Bertz CT molecular complexity index is 326. The Kier molecular flexibility index (Phi) is 2.98. The standard InChI is InChI=1S/C9H12BrN3O/c1-7-11-6-8(10)9(12-7)13-4-2-3-5-14-13/h6H,2-5H2,1H3. The van der Waals surface area contributed by atoms with Crippen LogP contribution in [0.25, 0.3) is 0 Å². The van der Waals surface area contributed by atoms with Crippen LogP contribution in [0.2, 0.25) is 0 Å². The van der Waals surface area contributed by atoms with Gasteiger partial charge in [0, 0.05) is 12.7 Å². The second kappa shape index (κ2) is 4.23. The second-order valence-electron chi connectivity index (χ2n) is 3.23. The molecule has 14 heavy (non-hydrogen) atoms. The minimum absolute atomic E-state index is 0.761. The van der Waals surface area contributed by atoms with Gasteiger partial charge in [-0.2, -0.15) is 0 Å². The highest BCUT2D eigenvalue weighted by Gasteiger charge is 2.16. The van der Waals surface area contributed by atoms with Crippen LogP contribution in [0.5, 0.6) is 0 Å². The molecular weight excluding hydrogens is 246 g/mol. The quantitative estimate of drug-likeness (QED) is 0.773. The summed E-state index contributed by atoms with van der Waals surface area (Å²) in [4.78, 5) is 13.9. The van der Waals surface area contributed by atoms with Gasteiger partial charge in [-0.25, -0.2) is 15.0 Å². The summed E-state index contributed by atoms with van der Waals surface area (Å²) in [5.74, 6) is 1.59. The van der Waals surface area contributed by atoms with Crippen molar-refractivity contribution < 1.29 is 4.84 Å². The number of halogens is 1. The van der Waals surface area contributed by atoms with Crippen molar-refractivity contribution in [3.8, 4) is 0 Å². The van der Waals surface area contributed by atoms with Gasteiger partial charge in [0.2, 0.25) is 0 Å². The maximum absolute atomic E-state index is 5.51. The number of aromatic nitrogens is 2. The van der Waals surface area contributed by atoms with Crippen molar-refractivity contribution in [2.24, 2.45) is 0 Å². The Morgan fingerprint density at radius 3 is 3.07 bits per heavy atom. The zero-order chi connectivity index (χ0) is 9.97. The first-order valence-electron chi connectivity index (χ1n) is 4.67. The largest absolute Gasteiger partial charge is 0.272 e. The van der Waals surface area contributed by atoms with Gasteiger partial charge in [-0.05, 0) is 35.7 Å². The number of anilines is 1. The molecule has 2 rings (SSSR count). The fourth-order valence-corrected chi connectivity index (χ4v) is 1.77. The molecule has 2 heterocycles. The van der Waals surface area contributed by atoms with E-state index in [-0.39, 0.29) is 0 Å². The van der Waals surface area contributed by atoms with Crippen LogP contribution in [0.1, 0.15) is 18.7 Å². The molecule has 0 aromatic carbocycles. The number of aryl methyl sites for hydroxylation is 1. The van der Waals surface area contributed by atoms with Crippen molar-refractivity contribution in [2.45, 2.75) is 19.8 Å². The Labute approximate surface area is 91.4 Å². The third-order valence-electron chi connectivity index (χ3n) is 2.08. The number of hydrogen-bond donors (Lipinski definition) is 0. The number of nitrogens with zero attached hydrogens (tertiary/aromatic N) is 3. The number of hydrogen-bond acceptors (Lipinski definition) is 4. The Morgan fingerprint density at radius 2 is 2.36 bits per heavy atom. The first-order chi connectivity index (χ1) is 6.77. The van der Waals surface area contributed by atoms with Crippen LogP contribution >= 0.6 is 15.9 Å². The third-order valence-corrected chi connectivity index (χ3v) is 2.64. The molecule has 0 spiro atoms. The van der Waals surface area contributed by atoms with E-state index in [2.05, 4.69) is 25.9 Å². The number of hydroxylamine groups is 1. The van der Waals surface area contributed by atoms with Crippen LogP contribution in [0, 0.1) is 6.92 Å². The summed E-state index contributed by atoms with van der Waals surface area (Å²) < 4.78 is 0.880. The van der Waals surface area contributed by atoms with Crippen molar-refractivity contribution in [3.63, 3.8) is 0 Å². The highest BCUT2D eigenvalue weighted by atomic mass is 79.9. The fraction of sp³-hybridized carbons (Fsp3) is 0.556. The zero-order valence-electron chi connectivity index (χ0n) is 8.03. The van der Waals surface area contributed by atoms with Gasteiger partial charge in [0.25, 0.3) is 0 Å². The van der Waals surface area contributed by atoms with Gasteiger partial charge in [0.05, 0.1) is 11.1 Å². The highest BCUT2D eigenvalue weighted by molar-refractivity contribution is 9.10. The molecule has 0 radical (unpaired) electrons. The number of rotatable bonds is 1. The topological polar surface area (TPSA) is 38.2 Å². The Morgan fingerprint density at radius 1 is 1.50 bits per heavy atom. The van der Waals surface area contributed by atoms with Gasteiger partial charge < -0.3 is 0 Å². The summed E-state index contributed by atoms with van der Waals surface area (Å²) >= 11 is 3.42. The van der Waals surface area contributed by atoms with Crippen LogP contribution in [-0.2, 0) is 4.84 Å². The van der Waals surface area contributed by atoms with Crippen LogP contribution < -0.4 is 5.06 Å². The molecule has 0 atom stereocenters. The molecule has 1 aromatic heterocycles. The molecule has 1 saturated heterocycles. The van der Waals surface area contributed by atoms with Gasteiger partial charge in [-0.15, -0.1) is 0 Å². The maximum atomic E-state index is 5.51. The normalized spacial score (nSPS) is 17.1. The molecule has 1 aromatic rings. The van der Waals surface area contributed by atoms with Crippen LogP contribution in [0.15, 0.2) is 10.7 Å². The van der Waals surface area contributed by atoms with E-state index in [4.69, 9.17) is 4.84 Å². The lowest BCUT2D eigenvalue weighted by molar-refractivity contribution is 0.0757. The fourth-order valence-electron chi connectivity index (χ4n) is 1.38. The molecule has 1 aliphatic rings. The average Bonchev–Trinajstić information content (AvgIpc) is 2.23. The summed E-state index contributed by atoms with van der Waals surface area (Å²) in [6, 6.07) is 0. The van der Waals surface area contributed by atoms with E-state index in [9.17, 15) is 0 Å².